The number of ether oxygens (including phenoxy) is 1. The van der Waals surface area contributed by atoms with Crippen molar-refractivity contribution in [1.29, 1.82) is 0 Å². The smallest absolute Gasteiger partial charge is 0.122 e. The van der Waals surface area contributed by atoms with Crippen LogP contribution in [0.2, 0.25) is 0 Å². The zero-order valence-electron chi connectivity index (χ0n) is 11.1. The van der Waals surface area contributed by atoms with Gasteiger partial charge in [0.1, 0.15) is 5.75 Å². The Hall–Kier alpha value is -1.28. The van der Waals surface area contributed by atoms with Gasteiger partial charge in [0.15, 0.2) is 0 Å². The summed E-state index contributed by atoms with van der Waals surface area (Å²) in [4.78, 5) is 0. The molecule has 0 aromatic heterocycles. The third-order valence-electron chi connectivity index (χ3n) is 2.55. The quantitative estimate of drug-likeness (QED) is 0.764. The minimum Gasteiger partial charge on any atom is -0.493 e. The molecule has 0 bridgehead atoms. The lowest BCUT2D eigenvalue weighted by atomic mass is 10.0. The Morgan fingerprint density at radius 2 is 2.06 bits per heavy atom. The molecule has 94 valence electrons. The van der Waals surface area contributed by atoms with Crippen LogP contribution >= 0.6 is 0 Å². The van der Waals surface area contributed by atoms with Crippen LogP contribution in [0.25, 0.3) is 0 Å². The van der Waals surface area contributed by atoms with Gasteiger partial charge in [0, 0.05) is 6.04 Å². The molecule has 0 amide bonds. The molecule has 0 aliphatic rings. The summed E-state index contributed by atoms with van der Waals surface area (Å²) in [5.74, 6) is 1.47. The van der Waals surface area contributed by atoms with E-state index in [2.05, 4.69) is 26.5 Å². The molecule has 0 aliphatic carbocycles. The van der Waals surface area contributed by atoms with Gasteiger partial charge in [-0.1, -0.05) is 32.1 Å². The van der Waals surface area contributed by atoms with E-state index in [0.717, 1.165) is 29.9 Å². The normalized spacial score (nSPS) is 12.5. The SMILES string of the molecule is C=CCc1cc(C(C)N)ccc1OCC(C)C. The standard InChI is InChI=1S/C15H23NO/c1-5-6-14-9-13(12(4)16)7-8-15(14)17-10-11(2)3/h5,7-9,11-12H,1,6,10,16H2,2-4H3. The summed E-state index contributed by atoms with van der Waals surface area (Å²) in [6, 6.07) is 6.21. The second kappa shape index (κ2) is 6.45. The maximum atomic E-state index is 5.88. The second-order valence-electron chi connectivity index (χ2n) is 4.85. The van der Waals surface area contributed by atoms with Crippen LogP contribution in [0, 0.1) is 5.92 Å². The van der Waals surface area contributed by atoms with Crippen LogP contribution < -0.4 is 10.5 Å². The Morgan fingerprint density at radius 3 is 2.59 bits per heavy atom. The molecule has 1 aromatic carbocycles. The molecule has 1 atom stereocenters. The van der Waals surface area contributed by atoms with E-state index in [9.17, 15) is 0 Å². The first kappa shape index (κ1) is 13.8. The summed E-state index contributed by atoms with van der Waals surface area (Å²) < 4.78 is 5.80. The third kappa shape index (κ3) is 4.23. The van der Waals surface area contributed by atoms with E-state index in [1.807, 2.05) is 25.1 Å². The first-order valence-electron chi connectivity index (χ1n) is 6.16. The molecule has 2 heteroatoms. The molecule has 0 heterocycles. The fourth-order valence-corrected chi connectivity index (χ4v) is 1.59. The summed E-state index contributed by atoms with van der Waals surface area (Å²) in [6.07, 6.45) is 2.70. The molecule has 17 heavy (non-hydrogen) atoms. The van der Waals surface area contributed by atoms with Gasteiger partial charge in [0.25, 0.3) is 0 Å². The third-order valence-corrected chi connectivity index (χ3v) is 2.55. The van der Waals surface area contributed by atoms with Gasteiger partial charge in [0.05, 0.1) is 6.61 Å². The van der Waals surface area contributed by atoms with Crippen molar-refractivity contribution in [3.63, 3.8) is 0 Å². The van der Waals surface area contributed by atoms with Crippen molar-refractivity contribution >= 4 is 0 Å². The maximum absolute atomic E-state index is 5.88. The number of allylic oxidation sites excluding steroid dienone is 1. The number of hydrogen-bond donors (Lipinski definition) is 1. The Labute approximate surface area is 104 Å². The summed E-state index contributed by atoms with van der Waals surface area (Å²) in [5, 5.41) is 0. The van der Waals surface area contributed by atoms with Crippen LogP contribution in [-0.2, 0) is 6.42 Å². The number of benzene rings is 1. The van der Waals surface area contributed by atoms with E-state index in [-0.39, 0.29) is 6.04 Å². The predicted molar refractivity (Wildman–Crippen MR) is 73.3 cm³/mol. The van der Waals surface area contributed by atoms with Crippen molar-refractivity contribution in [3.05, 3.63) is 42.0 Å². The van der Waals surface area contributed by atoms with E-state index in [4.69, 9.17) is 10.5 Å². The lowest BCUT2D eigenvalue weighted by molar-refractivity contribution is 0.269. The molecule has 0 saturated heterocycles. The van der Waals surface area contributed by atoms with Gasteiger partial charge in [-0.25, -0.2) is 0 Å². The molecule has 1 rings (SSSR count). The highest BCUT2D eigenvalue weighted by atomic mass is 16.5. The van der Waals surface area contributed by atoms with E-state index >= 15 is 0 Å². The molecule has 0 saturated carbocycles. The first-order valence-corrected chi connectivity index (χ1v) is 6.16. The van der Waals surface area contributed by atoms with Gasteiger partial charge in [-0.15, -0.1) is 6.58 Å². The number of nitrogens with two attached hydrogens (primary N) is 1. The lowest BCUT2D eigenvalue weighted by Gasteiger charge is -2.15. The summed E-state index contributed by atoms with van der Waals surface area (Å²) in [6.45, 7) is 10.8. The molecule has 0 fully saturated rings. The van der Waals surface area contributed by atoms with Crippen molar-refractivity contribution in [2.75, 3.05) is 6.61 Å². The minimum absolute atomic E-state index is 0.0534. The lowest BCUT2D eigenvalue weighted by Crippen LogP contribution is -2.08. The van der Waals surface area contributed by atoms with Crippen molar-refractivity contribution in [3.8, 4) is 5.75 Å². The summed E-state index contributed by atoms with van der Waals surface area (Å²) in [5.41, 5.74) is 8.18. The van der Waals surface area contributed by atoms with Crippen molar-refractivity contribution in [2.45, 2.75) is 33.2 Å². The summed E-state index contributed by atoms with van der Waals surface area (Å²) >= 11 is 0. The molecule has 0 aliphatic heterocycles. The predicted octanol–water partition coefficient (Wildman–Crippen LogP) is 3.47. The fourth-order valence-electron chi connectivity index (χ4n) is 1.59. The molecule has 1 unspecified atom stereocenters. The average Bonchev–Trinajstić information content (AvgIpc) is 2.27. The Morgan fingerprint density at radius 1 is 1.35 bits per heavy atom. The fraction of sp³-hybridized carbons (Fsp3) is 0.467. The van der Waals surface area contributed by atoms with Gasteiger partial charge in [0.2, 0.25) is 0 Å². The number of rotatable bonds is 6. The number of hydrogen-bond acceptors (Lipinski definition) is 2. The molecular formula is C15H23NO. The first-order chi connectivity index (χ1) is 8.04. The second-order valence-corrected chi connectivity index (χ2v) is 4.85. The highest BCUT2D eigenvalue weighted by Crippen LogP contribution is 2.24. The Kier molecular flexibility index (Phi) is 5.23. The van der Waals surface area contributed by atoms with E-state index in [0.29, 0.717) is 5.92 Å². The molecule has 0 spiro atoms. The van der Waals surface area contributed by atoms with E-state index < -0.39 is 0 Å². The highest BCUT2D eigenvalue weighted by Gasteiger charge is 2.07. The largest absolute Gasteiger partial charge is 0.493 e. The van der Waals surface area contributed by atoms with Gasteiger partial charge in [-0.05, 0) is 36.5 Å². The van der Waals surface area contributed by atoms with Crippen LogP contribution in [0.3, 0.4) is 0 Å². The van der Waals surface area contributed by atoms with Gasteiger partial charge in [-0.3, -0.25) is 0 Å². The summed E-state index contributed by atoms with van der Waals surface area (Å²) in [7, 11) is 0. The Balaban J connectivity index is 2.91. The van der Waals surface area contributed by atoms with E-state index in [1.54, 1.807) is 0 Å². The molecular weight excluding hydrogens is 210 g/mol. The van der Waals surface area contributed by atoms with Gasteiger partial charge >= 0.3 is 0 Å². The monoisotopic (exact) mass is 233 g/mol. The van der Waals surface area contributed by atoms with Crippen molar-refractivity contribution in [2.24, 2.45) is 11.7 Å². The van der Waals surface area contributed by atoms with Crippen LogP contribution in [0.1, 0.15) is 37.9 Å². The van der Waals surface area contributed by atoms with Gasteiger partial charge < -0.3 is 10.5 Å². The van der Waals surface area contributed by atoms with E-state index in [1.165, 1.54) is 0 Å². The van der Waals surface area contributed by atoms with Crippen molar-refractivity contribution in [1.82, 2.24) is 0 Å². The molecule has 2 nitrogen and oxygen atoms in total. The maximum Gasteiger partial charge on any atom is 0.122 e. The molecule has 2 N–H and O–H groups in total. The van der Waals surface area contributed by atoms with Crippen molar-refractivity contribution < 1.29 is 4.74 Å². The average molecular weight is 233 g/mol. The van der Waals surface area contributed by atoms with Crippen LogP contribution in [0.5, 0.6) is 5.75 Å². The highest BCUT2D eigenvalue weighted by molar-refractivity contribution is 5.39. The molecule has 1 aromatic rings. The van der Waals surface area contributed by atoms with Crippen LogP contribution in [0.15, 0.2) is 30.9 Å². The topological polar surface area (TPSA) is 35.2 Å². The van der Waals surface area contributed by atoms with Crippen LogP contribution in [-0.4, -0.2) is 6.61 Å². The van der Waals surface area contributed by atoms with Crippen LogP contribution in [0.4, 0.5) is 0 Å². The zero-order valence-corrected chi connectivity index (χ0v) is 11.1. The van der Waals surface area contributed by atoms with Gasteiger partial charge in [-0.2, -0.15) is 0 Å². The zero-order chi connectivity index (χ0) is 12.8. The molecule has 0 radical (unpaired) electrons. The Bertz CT molecular complexity index is 369. The minimum atomic E-state index is 0.0534.